The molecule has 0 atom stereocenters. The fraction of sp³-hybridized carbons (Fsp3) is 0.105. The van der Waals surface area contributed by atoms with Crippen molar-refractivity contribution in [3.05, 3.63) is 66.5 Å². The minimum absolute atomic E-state index is 0.0287. The van der Waals surface area contributed by atoms with Gasteiger partial charge in [0.25, 0.3) is 0 Å². The molecule has 7 nitrogen and oxygen atoms in total. The fourth-order valence-electron chi connectivity index (χ4n) is 2.63. The minimum atomic E-state index is -4.47. The molecule has 0 saturated heterocycles. The van der Waals surface area contributed by atoms with Gasteiger partial charge in [0.2, 0.25) is 5.91 Å². The van der Waals surface area contributed by atoms with E-state index < -0.39 is 17.6 Å². The van der Waals surface area contributed by atoms with Gasteiger partial charge in [0.15, 0.2) is 11.5 Å². The molecular weight excluding hydrogens is 417 g/mol. The summed E-state index contributed by atoms with van der Waals surface area (Å²) in [4.78, 5) is 16.2. The SMILES string of the molecule is O=C(CSc1ccc2nnc(-c3cccnc3)n2n1)Nc1cccc(C(F)(F)F)c1. The Kier molecular flexibility index (Phi) is 5.36. The van der Waals surface area contributed by atoms with E-state index in [1.807, 2.05) is 6.07 Å². The smallest absolute Gasteiger partial charge is 0.325 e. The zero-order valence-electron chi connectivity index (χ0n) is 15.2. The first-order valence-electron chi connectivity index (χ1n) is 8.63. The number of pyridine rings is 1. The third-order valence-electron chi connectivity index (χ3n) is 3.98. The number of aromatic nitrogens is 5. The van der Waals surface area contributed by atoms with Gasteiger partial charge in [0.05, 0.1) is 11.3 Å². The van der Waals surface area contributed by atoms with Gasteiger partial charge >= 0.3 is 6.18 Å². The van der Waals surface area contributed by atoms with Crippen LogP contribution in [0.1, 0.15) is 5.56 Å². The maximum Gasteiger partial charge on any atom is 0.416 e. The molecule has 1 amide bonds. The average molecular weight is 430 g/mol. The number of hydrogen-bond donors (Lipinski definition) is 1. The number of halogens is 3. The molecule has 0 radical (unpaired) electrons. The Bertz CT molecular complexity index is 1200. The van der Waals surface area contributed by atoms with Crippen molar-refractivity contribution in [1.29, 1.82) is 0 Å². The summed E-state index contributed by atoms with van der Waals surface area (Å²) in [5.41, 5.74) is 0.528. The maximum absolute atomic E-state index is 12.8. The summed E-state index contributed by atoms with van der Waals surface area (Å²) in [6, 6.07) is 11.5. The highest BCUT2D eigenvalue weighted by Crippen LogP contribution is 2.30. The van der Waals surface area contributed by atoms with Crippen molar-refractivity contribution < 1.29 is 18.0 Å². The Morgan fingerprint density at radius 3 is 2.73 bits per heavy atom. The molecule has 0 saturated carbocycles. The van der Waals surface area contributed by atoms with E-state index in [1.165, 1.54) is 12.1 Å². The molecule has 1 aromatic carbocycles. The van der Waals surface area contributed by atoms with Crippen molar-refractivity contribution in [2.24, 2.45) is 0 Å². The van der Waals surface area contributed by atoms with Gasteiger partial charge in [-0.2, -0.15) is 22.8 Å². The summed E-state index contributed by atoms with van der Waals surface area (Å²) >= 11 is 1.14. The van der Waals surface area contributed by atoms with E-state index in [9.17, 15) is 18.0 Å². The Labute approximate surface area is 172 Å². The van der Waals surface area contributed by atoms with Crippen LogP contribution >= 0.6 is 11.8 Å². The molecule has 0 aliphatic rings. The second-order valence-electron chi connectivity index (χ2n) is 6.12. The number of fused-ring (bicyclic) bond motifs is 1. The van der Waals surface area contributed by atoms with Crippen LogP contribution in [0.5, 0.6) is 0 Å². The van der Waals surface area contributed by atoms with Crippen LogP contribution < -0.4 is 5.32 Å². The summed E-state index contributed by atoms with van der Waals surface area (Å²) in [6.07, 6.45) is -1.19. The molecule has 0 spiro atoms. The van der Waals surface area contributed by atoms with E-state index in [2.05, 4.69) is 25.6 Å². The minimum Gasteiger partial charge on any atom is -0.325 e. The molecule has 4 rings (SSSR count). The highest BCUT2D eigenvalue weighted by molar-refractivity contribution is 7.99. The molecule has 11 heteroatoms. The zero-order chi connectivity index (χ0) is 21.1. The van der Waals surface area contributed by atoms with Gasteiger partial charge in [-0.15, -0.1) is 10.2 Å². The molecule has 1 N–H and O–H groups in total. The van der Waals surface area contributed by atoms with E-state index in [-0.39, 0.29) is 11.4 Å². The average Bonchev–Trinajstić information content (AvgIpc) is 3.16. The number of rotatable bonds is 5. The highest BCUT2D eigenvalue weighted by atomic mass is 32.2. The molecule has 0 aliphatic carbocycles. The van der Waals surface area contributed by atoms with Gasteiger partial charge in [0.1, 0.15) is 5.03 Å². The second kappa shape index (κ2) is 8.11. The summed E-state index contributed by atoms with van der Waals surface area (Å²) < 4.78 is 39.9. The van der Waals surface area contributed by atoms with Gasteiger partial charge in [-0.3, -0.25) is 9.78 Å². The van der Waals surface area contributed by atoms with Crippen molar-refractivity contribution in [1.82, 2.24) is 24.8 Å². The van der Waals surface area contributed by atoms with Gasteiger partial charge in [-0.05, 0) is 42.5 Å². The molecule has 0 fully saturated rings. The number of carbonyl (C=O) groups is 1. The predicted molar refractivity (Wildman–Crippen MR) is 105 cm³/mol. The van der Waals surface area contributed by atoms with Crippen LogP contribution in [-0.4, -0.2) is 36.5 Å². The quantitative estimate of drug-likeness (QED) is 0.483. The predicted octanol–water partition coefficient (Wildman–Crippen LogP) is 3.94. The van der Waals surface area contributed by atoms with E-state index in [0.717, 1.165) is 29.5 Å². The van der Waals surface area contributed by atoms with Crippen LogP contribution in [-0.2, 0) is 11.0 Å². The van der Waals surface area contributed by atoms with E-state index in [4.69, 9.17) is 0 Å². The van der Waals surface area contributed by atoms with Crippen molar-refractivity contribution in [2.45, 2.75) is 11.2 Å². The number of nitrogens with one attached hydrogen (secondary N) is 1. The number of anilines is 1. The Morgan fingerprint density at radius 2 is 1.97 bits per heavy atom. The largest absolute Gasteiger partial charge is 0.416 e. The van der Waals surface area contributed by atoms with Crippen molar-refractivity contribution >= 4 is 29.0 Å². The van der Waals surface area contributed by atoms with Gasteiger partial charge in [-0.25, -0.2) is 0 Å². The van der Waals surface area contributed by atoms with E-state index >= 15 is 0 Å². The fourth-order valence-corrected chi connectivity index (χ4v) is 3.29. The standard InChI is InChI=1S/C19H13F3N6OS/c20-19(21,22)13-4-1-5-14(9-13)24-16(29)11-30-17-7-6-15-25-26-18(28(15)27-17)12-3-2-8-23-10-12/h1-10H,11H2,(H,24,29). The molecule has 4 aromatic rings. The number of thioether (sulfide) groups is 1. The van der Waals surface area contributed by atoms with Gasteiger partial charge in [0, 0.05) is 23.6 Å². The van der Waals surface area contributed by atoms with E-state index in [1.54, 1.807) is 35.1 Å². The molecule has 30 heavy (non-hydrogen) atoms. The monoisotopic (exact) mass is 430 g/mol. The van der Waals surface area contributed by atoms with Crippen LogP contribution in [0.25, 0.3) is 17.0 Å². The number of carbonyl (C=O) groups excluding carboxylic acids is 1. The molecule has 0 bridgehead atoms. The van der Waals surface area contributed by atoms with Gasteiger partial charge in [-0.1, -0.05) is 17.8 Å². The number of benzene rings is 1. The molecular formula is C19H13F3N6OS. The van der Waals surface area contributed by atoms with Crippen LogP contribution in [0.4, 0.5) is 18.9 Å². The maximum atomic E-state index is 12.8. The first kappa shape index (κ1) is 19.8. The third kappa shape index (κ3) is 4.40. The van der Waals surface area contributed by atoms with Crippen molar-refractivity contribution in [2.75, 3.05) is 11.1 Å². The third-order valence-corrected chi connectivity index (χ3v) is 4.90. The molecule has 0 unspecified atom stereocenters. The molecule has 0 aliphatic heterocycles. The number of hydrogen-bond acceptors (Lipinski definition) is 6. The lowest BCUT2D eigenvalue weighted by Crippen LogP contribution is -2.15. The van der Waals surface area contributed by atoms with Crippen molar-refractivity contribution in [3.63, 3.8) is 0 Å². The van der Waals surface area contributed by atoms with Gasteiger partial charge < -0.3 is 5.32 Å². The Morgan fingerprint density at radius 1 is 1.10 bits per heavy atom. The number of amides is 1. The molecule has 3 aromatic heterocycles. The highest BCUT2D eigenvalue weighted by Gasteiger charge is 2.30. The second-order valence-corrected chi connectivity index (χ2v) is 7.12. The van der Waals surface area contributed by atoms with Crippen LogP contribution in [0.3, 0.4) is 0 Å². The summed E-state index contributed by atoms with van der Waals surface area (Å²) in [5.74, 6) is 0.0328. The number of nitrogens with zero attached hydrogens (tertiary/aromatic N) is 5. The zero-order valence-corrected chi connectivity index (χ0v) is 16.0. The Hall–Kier alpha value is -3.47. The topological polar surface area (TPSA) is 85.1 Å². The first-order chi connectivity index (χ1) is 14.4. The molecule has 3 heterocycles. The number of alkyl halides is 3. The summed E-state index contributed by atoms with van der Waals surface area (Å²) in [5, 5.41) is 15.6. The summed E-state index contributed by atoms with van der Waals surface area (Å²) in [6.45, 7) is 0. The van der Waals surface area contributed by atoms with Crippen LogP contribution in [0, 0.1) is 0 Å². The van der Waals surface area contributed by atoms with Crippen LogP contribution in [0.15, 0.2) is 66.0 Å². The summed E-state index contributed by atoms with van der Waals surface area (Å²) in [7, 11) is 0. The first-order valence-corrected chi connectivity index (χ1v) is 9.61. The van der Waals surface area contributed by atoms with E-state index in [0.29, 0.717) is 16.5 Å². The van der Waals surface area contributed by atoms with Crippen molar-refractivity contribution in [3.8, 4) is 11.4 Å². The lowest BCUT2D eigenvalue weighted by atomic mass is 10.2. The lowest BCUT2D eigenvalue weighted by Gasteiger charge is -2.09. The lowest BCUT2D eigenvalue weighted by molar-refractivity contribution is -0.137. The normalized spacial score (nSPS) is 11.6. The van der Waals surface area contributed by atoms with Crippen LogP contribution in [0.2, 0.25) is 0 Å². The molecule has 152 valence electrons. The Balaban J connectivity index is 1.45.